The van der Waals surface area contributed by atoms with Gasteiger partial charge >= 0.3 is 0 Å². The van der Waals surface area contributed by atoms with Gasteiger partial charge in [-0.1, -0.05) is 6.07 Å². The van der Waals surface area contributed by atoms with Crippen molar-refractivity contribution in [3.8, 4) is 0 Å². The Bertz CT molecular complexity index is 273. The Morgan fingerprint density at radius 1 is 1.77 bits per heavy atom. The van der Waals surface area contributed by atoms with Gasteiger partial charge in [0.25, 0.3) is 0 Å². The molecule has 0 aliphatic carbocycles. The maximum Gasteiger partial charge on any atom is 0.228 e. The summed E-state index contributed by atoms with van der Waals surface area (Å²) >= 11 is 0. The molecule has 1 unspecified atom stereocenters. The molecule has 0 spiro atoms. The number of likely N-dealkylation sites (N-methyl/N-ethyl adjacent to an activating group) is 1. The van der Waals surface area contributed by atoms with Crippen LogP contribution in [0.25, 0.3) is 0 Å². The Balaban J connectivity index is 2.85. The first-order valence-corrected chi connectivity index (χ1v) is 4.11. The molecule has 1 aromatic rings. The molecule has 0 fully saturated rings. The molecule has 4 nitrogen and oxygen atoms in total. The zero-order chi connectivity index (χ0) is 9.68. The molecule has 1 heterocycles. The van der Waals surface area contributed by atoms with Gasteiger partial charge in [-0.3, -0.25) is 9.78 Å². The van der Waals surface area contributed by atoms with Crippen molar-refractivity contribution in [2.45, 2.75) is 5.92 Å². The Kier molecular flexibility index (Phi) is 3.40. The number of nitrogens with two attached hydrogens (primary N) is 1. The summed E-state index contributed by atoms with van der Waals surface area (Å²) in [6.45, 7) is 0.297. The number of hydrogen-bond donors (Lipinski definition) is 2. The fourth-order valence-corrected chi connectivity index (χ4v) is 1.15. The fraction of sp³-hybridized carbons (Fsp3) is 0.333. The van der Waals surface area contributed by atoms with E-state index < -0.39 is 0 Å². The molecule has 0 bridgehead atoms. The fourth-order valence-electron chi connectivity index (χ4n) is 1.15. The lowest BCUT2D eigenvalue weighted by Crippen LogP contribution is -2.30. The van der Waals surface area contributed by atoms with E-state index in [1.807, 2.05) is 6.07 Å². The van der Waals surface area contributed by atoms with E-state index in [0.717, 1.165) is 5.56 Å². The quantitative estimate of drug-likeness (QED) is 0.679. The van der Waals surface area contributed by atoms with Gasteiger partial charge in [0.05, 0.1) is 5.92 Å². The predicted molar refractivity (Wildman–Crippen MR) is 50.1 cm³/mol. The number of rotatable bonds is 3. The minimum atomic E-state index is -0.293. The summed E-state index contributed by atoms with van der Waals surface area (Å²) < 4.78 is 0. The van der Waals surface area contributed by atoms with Gasteiger partial charge in [-0.05, 0) is 11.6 Å². The van der Waals surface area contributed by atoms with Crippen molar-refractivity contribution in [3.05, 3.63) is 30.1 Å². The number of pyridine rings is 1. The van der Waals surface area contributed by atoms with Crippen LogP contribution in [0.4, 0.5) is 0 Å². The molecule has 3 N–H and O–H groups in total. The van der Waals surface area contributed by atoms with Crippen LogP contribution in [-0.4, -0.2) is 24.5 Å². The van der Waals surface area contributed by atoms with Crippen LogP contribution >= 0.6 is 0 Å². The summed E-state index contributed by atoms with van der Waals surface area (Å²) in [5.41, 5.74) is 6.34. The first-order valence-electron chi connectivity index (χ1n) is 4.11. The third-order valence-electron chi connectivity index (χ3n) is 1.89. The summed E-state index contributed by atoms with van der Waals surface area (Å²) in [6, 6.07) is 3.64. The lowest BCUT2D eigenvalue weighted by molar-refractivity contribution is -0.121. The van der Waals surface area contributed by atoms with Crippen molar-refractivity contribution in [1.29, 1.82) is 0 Å². The third-order valence-corrected chi connectivity index (χ3v) is 1.89. The highest BCUT2D eigenvalue weighted by atomic mass is 16.1. The number of nitrogens with zero attached hydrogens (tertiary/aromatic N) is 1. The minimum Gasteiger partial charge on any atom is -0.359 e. The summed E-state index contributed by atoms with van der Waals surface area (Å²) in [5, 5.41) is 2.57. The second kappa shape index (κ2) is 4.57. The van der Waals surface area contributed by atoms with E-state index in [1.165, 1.54) is 0 Å². The molecule has 0 saturated carbocycles. The van der Waals surface area contributed by atoms with E-state index in [9.17, 15) is 4.79 Å². The van der Waals surface area contributed by atoms with E-state index in [1.54, 1.807) is 25.5 Å². The highest BCUT2D eigenvalue weighted by Crippen LogP contribution is 2.12. The third kappa shape index (κ3) is 2.26. The van der Waals surface area contributed by atoms with E-state index in [0.29, 0.717) is 6.54 Å². The number of aromatic nitrogens is 1. The van der Waals surface area contributed by atoms with Crippen LogP contribution in [-0.2, 0) is 4.79 Å². The number of nitrogens with one attached hydrogen (secondary N) is 1. The highest BCUT2D eigenvalue weighted by Gasteiger charge is 2.16. The number of hydrogen-bond acceptors (Lipinski definition) is 3. The van der Waals surface area contributed by atoms with Crippen molar-refractivity contribution in [2.75, 3.05) is 13.6 Å². The molecular weight excluding hydrogens is 166 g/mol. The van der Waals surface area contributed by atoms with Crippen LogP contribution in [0.1, 0.15) is 11.5 Å². The average Bonchev–Trinajstić information content (AvgIpc) is 2.20. The monoisotopic (exact) mass is 179 g/mol. The normalized spacial score (nSPS) is 12.2. The molecule has 4 heteroatoms. The first-order chi connectivity index (χ1) is 6.29. The summed E-state index contributed by atoms with van der Waals surface area (Å²) in [7, 11) is 1.60. The maximum absolute atomic E-state index is 11.3. The van der Waals surface area contributed by atoms with Gasteiger partial charge in [-0.25, -0.2) is 0 Å². The van der Waals surface area contributed by atoms with Crippen LogP contribution in [0.2, 0.25) is 0 Å². The number of carbonyl (C=O) groups excluding carboxylic acids is 1. The second-order valence-corrected chi connectivity index (χ2v) is 2.69. The molecular formula is C9H13N3O. The second-order valence-electron chi connectivity index (χ2n) is 2.69. The van der Waals surface area contributed by atoms with Gasteiger partial charge in [0.1, 0.15) is 0 Å². The lowest BCUT2D eigenvalue weighted by Gasteiger charge is -2.12. The Morgan fingerprint density at radius 3 is 3.00 bits per heavy atom. The van der Waals surface area contributed by atoms with Crippen molar-refractivity contribution < 1.29 is 4.79 Å². The summed E-state index contributed by atoms with van der Waals surface area (Å²) in [5.74, 6) is -0.366. The SMILES string of the molecule is CNC(=O)C(CN)c1cccnc1. The molecule has 1 aromatic heterocycles. The van der Waals surface area contributed by atoms with Gasteiger partial charge in [0.2, 0.25) is 5.91 Å². The van der Waals surface area contributed by atoms with Crippen molar-refractivity contribution in [2.24, 2.45) is 5.73 Å². The van der Waals surface area contributed by atoms with Crippen molar-refractivity contribution in [1.82, 2.24) is 10.3 Å². The van der Waals surface area contributed by atoms with E-state index >= 15 is 0 Å². The van der Waals surface area contributed by atoms with Crippen LogP contribution in [0.5, 0.6) is 0 Å². The molecule has 0 saturated heterocycles. The predicted octanol–water partition coefficient (Wildman–Crippen LogP) is -0.130. The lowest BCUT2D eigenvalue weighted by atomic mass is 10.0. The maximum atomic E-state index is 11.3. The van der Waals surface area contributed by atoms with Gasteiger partial charge in [-0.2, -0.15) is 0 Å². The zero-order valence-corrected chi connectivity index (χ0v) is 7.53. The van der Waals surface area contributed by atoms with E-state index in [2.05, 4.69) is 10.3 Å². The Morgan fingerprint density at radius 2 is 2.54 bits per heavy atom. The van der Waals surface area contributed by atoms with Crippen LogP contribution in [0.3, 0.4) is 0 Å². The van der Waals surface area contributed by atoms with Gasteiger partial charge in [0, 0.05) is 26.0 Å². The highest BCUT2D eigenvalue weighted by molar-refractivity contribution is 5.83. The molecule has 1 amide bonds. The van der Waals surface area contributed by atoms with Gasteiger partial charge < -0.3 is 11.1 Å². The van der Waals surface area contributed by atoms with Gasteiger partial charge in [-0.15, -0.1) is 0 Å². The number of amides is 1. The molecule has 0 aromatic carbocycles. The first kappa shape index (κ1) is 9.67. The van der Waals surface area contributed by atoms with Crippen molar-refractivity contribution >= 4 is 5.91 Å². The molecule has 1 atom stereocenters. The molecule has 0 radical (unpaired) electrons. The molecule has 0 aliphatic rings. The van der Waals surface area contributed by atoms with Crippen molar-refractivity contribution in [3.63, 3.8) is 0 Å². The average molecular weight is 179 g/mol. The molecule has 70 valence electrons. The topological polar surface area (TPSA) is 68.0 Å². The standard InChI is InChI=1S/C9H13N3O/c1-11-9(13)8(5-10)7-3-2-4-12-6-7/h2-4,6,8H,5,10H2,1H3,(H,11,13). The Labute approximate surface area is 77.2 Å². The van der Waals surface area contributed by atoms with Crippen LogP contribution < -0.4 is 11.1 Å². The Hall–Kier alpha value is -1.42. The minimum absolute atomic E-state index is 0.0736. The number of carbonyl (C=O) groups is 1. The van der Waals surface area contributed by atoms with Crippen LogP contribution in [0, 0.1) is 0 Å². The largest absolute Gasteiger partial charge is 0.359 e. The van der Waals surface area contributed by atoms with Gasteiger partial charge in [0.15, 0.2) is 0 Å². The summed E-state index contributed by atoms with van der Waals surface area (Å²) in [6.07, 6.45) is 3.33. The van der Waals surface area contributed by atoms with E-state index in [4.69, 9.17) is 5.73 Å². The molecule has 1 rings (SSSR count). The molecule has 13 heavy (non-hydrogen) atoms. The molecule has 0 aliphatic heterocycles. The van der Waals surface area contributed by atoms with Crippen LogP contribution in [0.15, 0.2) is 24.5 Å². The zero-order valence-electron chi connectivity index (χ0n) is 7.53. The van der Waals surface area contributed by atoms with E-state index in [-0.39, 0.29) is 11.8 Å². The smallest absolute Gasteiger partial charge is 0.228 e. The summed E-state index contributed by atoms with van der Waals surface area (Å²) in [4.78, 5) is 15.3.